The Labute approximate surface area is 164 Å². The van der Waals surface area contributed by atoms with E-state index in [1.165, 1.54) is 4.90 Å². The van der Waals surface area contributed by atoms with E-state index in [0.29, 0.717) is 22.9 Å². The third kappa shape index (κ3) is 3.33. The minimum atomic E-state index is -0.473. The van der Waals surface area contributed by atoms with E-state index >= 15 is 0 Å². The van der Waals surface area contributed by atoms with Gasteiger partial charge < -0.3 is 4.74 Å². The number of nitrogens with zero attached hydrogens (tertiary/aromatic N) is 1. The van der Waals surface area contributed by atoms with Gasteiger partial charge in [-0.05, 0) is 56.4 Å². The topological polar surface area (TPSA) is 63.7 Å². The first-order valence-corrected chi connectivity index (χ1v) is 9.71. The van der Waals surface area contributed by atoms with Gasteiger partial charge in [-0.1, -0.05) is 30.7 Å². The molecule has 0 aromatic heterocycles. The fourth-order valence-electron chi connectivity index (χ4n) is 4.19. The van der Waals surface area contributed by atoms with E-state index in [9.17, 15) is 14.4 Å². The summed E-state index contributed by atoms with van der Waals surface area (Å²) < 4.78 is 5.46. The molecule has 2 aromatic carbocycles. The van der Waals surface area contributed by atoms with Gasteiger partial charge in [0.15, 0.2) is 0 Å². The lowest BCUT2D eigenvalue weighted by Crippen LogP contribution is -2.30. The fourth-order valence-corrected chi connectivity index (χ4v) is 4.19. The molecule has 0 N–H and O–H groups in total. The molecule has 0 bridgehead atoms. The molecule has 2 aromatic rings. The zero-order chi connectivity index (χ0) is 19.8. The van der Waals surface area contributed by atoms with Crippen LogP contribution in [-0.2, 0) is 9.59 Å². The van der Waals surface area contributed by atoms with Crippen LogP contribution in [0.4, 0.5) is 5.69 Å². The minimum Gasteiger partial charge on any atom is -0.423 e. The van der Waals surface area contributed by atoms with Crippen molar-refractivity contribution in [3.63, 3.8) is 0 Å². The Bertz CT molecular complexity index is 934. The van der Waals surface area contributed by atoms with Gasteiger partial charge in [-0.2, -0.15) is 0 Å². The minimum absolute atomic E-state index is 0.135. The largest absolute Gasteiger partial charge is 0.423 e. The van der Waals surface area contributed by atoms with Crippen molar-refractivity contribution in [2.45, 2.75) is 33.1 Å². The number of amides is 2. The van der Waals surface area contributed by atoms with Crippen molar-refractivity contribution in [2.75, 3.05) is 4.90 Å². The zero-order valence-electron chi connectivity index (χ0n) is 16.1. The predicted octanol–water partition coefficient (Wildman–Crippen LogP) is 4.14. The van der Waals surface area contributed by atoms with Gasteiger partial charge in [-0.3, -0.25) is 9.59 Å². The summed E-state index contributed by atoms with van der Waals surface area (Å²) in [5.74, 6) is -0.421. The van der Waals surface area contributed by atoms with Gasteiger partial charge in [0.25, 0.3) is 0 Å². The molecule has 28 heavy (non-hydrogen) atoms. The second kappa shape index (κ2) is 7.23. The zero-order valence-corrected chi connectivity index (χ0v) is 16.1. The van der Waals surface area contributed by atoms with E-state index < -0.39 is 5.97 Å². The second-order valence-corrected chi connectivity index (χ2v) is 7.90. The molecule has 2 aliphatic rings. The number of imide groups is 1. The number of esters is 1. The van der Waals surface area contributed by atoms with Crippen molar-refractivity contribution in [2.24, 2.45) is 17.8 Å². The molecule has 2 amide bonds. The quantitative estimate of drug-likeness (QED) is 0.458. The lowest BCUT2D eigenvalue weighted by atomic mass is 9.76. The van der Waals surface area contributed by atoms with Gasteiger partial charge in [0.2, 0.25) is 11.8 Å². The number of rotatable bonds is 3. The summed E-state index contributed by atoms with van der Waals surface area (Å²) in [6, 6.07) is 13.7. The van der Waals surface area contributed by atoms with Crippen LogP contribution in [0.2, 0.25) is 0 Å². The molecule has 1 aliphatic heterocycles. The number of carbonyl (C=O) groups excluding carboxylic acids is 3. The Hall–Kier alpha value is -2.95. The van der Waals surface area contributed by atoms with Gasteiger partial charge in [0, 0.05) is 6.07 Å². The number of hydrogen-bond acceptors (Lipinski definition) is 4. The Morgan fingerprint density at radius 2 is 1.71 bits per heavy atom. The molecule has 2 fully saturated rings. The Kier molecular flexibility index (Phi) is 4.75. The Morgan fingerprint density at radius 1 is 1.00 bits per heavy atom. The number of benzene rings is 2. The van der Waals surface area contributed by atoms with Crippen LogP contribution in [-0.4, -0.2) is 17.8 Å². The van der Waals surface area contributed by atoms with Crippen molar-refractivity contribution in [3.8, 4) is 5.75 Å². The van der Waals surface area contributed by atoms with E-state index in [2.05, 4.69) is 6.92 Å². The molecule has 3 atom stereocenters. The van der Waals surface area contributed by atoms with Crippen LogP contribution in [0.5, 0.6) is 5.75 Å². The van der Waals surface area contributed by atoms with E-state index in [4.69, 9.17) is 4.74 Å². The van der Waals surface area contributed by atoms with Crippen molar-refractivity contribution in [1.82, 2.24) is 0 Å². The van der Waals surface area contributed by atoms with E-state index in [0.717, 1.165) is 24.8 Å². The number of ether oxygens (including phenoxy) is 1. The molecule has 1 aliphatic carbocycles. The molecule has 144 valence electrons. The highest BCUT2D eigenvalue weighted by atomic mass is 16.5. The third-order valence-electron chi connectivity index (χ3n) is 5.76. The Morgan fingerprint density at radius 3 is 2.46 bits per heavy atom. The molecule has 1 heterocycles. The highest BCUT2D eigenvalue weighted by Crippen LogP contribution is 2.42. The summed E-state index contributed by atoms with van der Waals surface area (Å²) in [5.41, 5.74) is 1.97. The van der Waals surface area contributed by atoms with E-state index in [-0.39, 0.29) is 23.7 Å². The van der Waals surface area contributed by atoms with E-state index in [1.54, 1.807) is 36.4 Å². The maximum absolute atomic E-state index is 12.9. The fraction of sp³-hybridized carbons (Fsp3) is 0.348. The maximum Gasteiger partial charge on any atom is 0.343 e. The van der Waals surface area contributed by atoms with Crippen LogP contribution < -0.4 is 9.64 Å². The average molecular weight is 377 g/mol. The summed E-state index contributed by atoms with van der Waals surface area (Å²) in [5, 5.41) is 0. The highest BCUT2D eigenvalue weighted by Gasteiger charge is 2.50. The van der Waals surface area contributed by atoms with Crippen molar-refractivity contribution in [1.29, 1.82) is 0 Å². The number of carbonyl (C=O) groups is 3. The van der Waals surface area contributed by atoms with Crippen LogP contribution in [0.3, 0.4) is 0 Å². The normalized spacial score (nSPS) is 24.2. The molecule has 0 spiro atoms. The van der Waals surface area contributed by atoms with Crippen molar-refractivity contribution >= 4 is 23.5 Å². The van der Waals surface area contributed by atoms with Crippen LogP contribution in [0.1, 0.15) is 42.1 Å². The molecular formula is C23H23NO4. The lowest BCUT2D eigenvalue weighted by Gasteiger charge is -2.25. The molecule has 1 saturated heterocycles. The van der Waals surface area contributed by atoms with E-state index in [1.807, 2.05) is 19.1 Å². The predicted molar refractivity (Wildman–Crippen MR) is 105 cm³/mol. The molecule has 5 heteroatoms. The maximum atomic E-state index is 12.9. The van der Waals surface area contributed by atoms with Gasteiger partial charge in [0.05, 0.1) is 23.1 Å². The lowest BCUT2D eigenvalue weighted by molar-refractivity contribution is -0.122. The van der Waals surface area contributed by atoms with Crippen molar-refractivity contribution in [3.05, 3.63) is 59.7 Å². The Balaban J connectivity index is 1.55. The van der Waals surface area contributed by atoms with Crippen molar-refractivity contribution < 1.29 is 19.1 Å². The van der Waals surface area contributed by atoms with Gasteiger partial charge in [-0.25, -0.2) is 9.69 Å². The molecule has 4 rings (SSSR count). The van der Waals surface area contributed by atoms with Crippen LogP contribution in [0.25, 0.3) is 0 Å². The standard InChI is InChI=1S/C23H23NO4/c1-14-6-9-16(10-7-14)23(27)28-18-5-3-4-17(13-18)24-21(25)19-11-8-15(2)12-20(19)22(24)26/h3-7,9-10,13,15,19-20H,8,11-12H2,1-2H3/t15-,19+,20+/m0/s1. The third-order valence-corrected chi connectivity index (χ3v) is 5.76. The van der Waals surface area contributed by atoms with Crippen LogP contribution in [0.15, 0.2) is 48.5 Å². The first kappa shape index (κ1) is 18.4. The molecule has 1 saturated carbocycles. The first-order valence-electron chi connectivity index (χ1n) is 9.71. The molecule has 5 nitrogen and oxygen atoms in total. The second-order valence-electron chi connectivity index (χ2n) is 7.90. The van der Waals surface area contributed by atoms with Crippen LogP contribution >= 0.6 is 0 Å². The van der Waals surface area contributed by atoms with Gasteiger partial charge in [-0.15, -0.1) is 0 Å². The molecular weight excluding hydrogens is 354 g/mol. The average Bonchev–Trinajstić information content (AvgIpc) is 2.92. The number of aryl methyl sites for hydroxylation is 1. The summed E-state index contributed by atoms with van der Waals surface area (Å²) in [6.45, 7) is 4.07. The monoisotopic (exact) mass is 377 g/mol. The summed E-state index contributed by atoms with van der Waals surface area (Å²) in [6.07, 6.45) is 2.49. The summed E-state index contributed by atoms with van der Waals surface area (Å²) >= 11 is 0. The van der Waals surface area contributed by atoms with Gasteiger partial charge in [0.1, 0.15) is 5.75 Å². The number of hydrogen-bond donors (Lipinski definition) is 0. The highest BCUT2D eigenvalue weighted by molar-refractivity contribution is 6.22. The van der Waals surface area contributed by atoms with Gasteiger partial charge >= 0.3 is 5.97 Å². The molecule has 0 unspecified atom stereocenters. The van der Waals surface area contributed by atoms with Crippen LogP contribution in [0, 0.1) is 24.7 Å². The summed E-state index contributed by atoms with van der Waals surface area (Å²) in [7, 11) is 0. The SMILES string of the molecule is Cc1ccc(C(=O)Oc2cccc(N3C(=O)[C@@H]4CC[C@H](C)C[C@H]4C3=O)c2)cc1. The number of fused-ring (bicyclic) bond motifs is 1. The smallest absolute Gasteiger partial charge is 0.343 e. The molecule has 0 radical (unpaired) electrons. The first-order chi connectivity index (χ1) is 13.4. The number of anilines is 1. The summed E-state index contributed by atoms with van der Waals surface area (Å²) in [4.78, 5) is 39.4.